The van der Waals surface area contributed by atoms with Crippen molar-refractivity contribution in [2.45, 2.75) is 19.9 Å². The van der Waals surface area contributed by atoms with Crippen LogP contribution in [0.2, 0.25) is 0 Å². The third kappa shape index (κ3) is 4.39. The van der Waals surface area contributed by atoms with Gasteiger partial charge in [-0.3, -0.25) is 14.5 Å². The van der Waals surface area contributed by atoms with Gasteiger partial charge in [0.15, 0.2) is 0 Å². The first kappa shape index (κ1) is 18.1. The maximum atomic E-state index is 13.0. The molecular weight excluding hydrogens is 329 g/mol. The zero-order chi connectivity index (χ0) is 17.7. The molecule has 2 amide bonds. The number of anilines is 1. The van der Waals surface area contributed by atoms with Crippen molar-refractivity contribution in [3.63, 3.8) is 0 Å². The normalized spacial score (nSPS) is 12.2. The van der Waals surface area contributed by atoms with Crippen LogP contribution in [0.1, 0.15) is 35.8 Å². The van der Waals surface area contributed by atoms with E-state index < -0.39 is 5.91 Å². The van der Waals surface area contributed by atoms with E-state index in [1.165, 1.54) is 23.5 Å². The van der Waals surface area contributed by atoms with Crippen molar-refractivity contribution in [1.82, 2.24) is 4.90 Å². The van der Waals surface area contributed by atoms with E-state index >= 15 is 0 Å². The second-order valence-corrected chi connectivity index (χ2v) is 6.28. The predicted octanol–water partition coefficient (Wildman–Crippen LogP) is 3.01. The fraction of sp³-hybridized carbons (Fsp3) is 0.294. The maximum Gasteiger partial charge on any atom is 0.251 e. The molecule has 0 bridgehead atoms. The number of nitrogens with two attached hydrogens (primary N) is 1. The molecule has 0 radical (unpaired) electrons. The van der Waals surface area contributed by atoms with E-state index in [0.29, 0.717) is 17.1 Å². The number of likely N-dealkylation sites (N-methyl/N-ethyl adjacent to an activating group) is 1. The molecule has 1 aromatic heterocycles. The van der Waals surface area contributed by atoms with Crippen molar-refractivity contribution in [3.8, 4) is 0 Å². The molecule has 3 N–H and O–H groups in total. The molecule has 1 unspecified atom stereocenters. The Morgan fingerprint density at radius 1 is 1.29 bits per heavy atom. The summed E-state index contributed by atoms with van der Waals surface area (Å²) in [6, 6.07) is 7.78. The quantitative estimate of drug-likeness (QED) is 0.807. The van der Waals surface area contributed by atoms with Gasteiger partial charge in [0, 0.05) is 6.04 Å². The molecule has 2 aromatic rings. The topological polar surface area (TPSA) is 75.4 Å². The standard InChI is InChI=1S/C17H20FN3O2S/c1-3-21(11(2)12-4-6-13(18)7-5-12)10-15(22)20-17-14(16(19)23)8-9-24-17/h4-9,11H,3,10H2,1-2H3,(H2,19,23)(H,20,22). The van der Waals surface area contributed by atoms with Crippen LogP contribution < -0.4 is 11.1 Å². The number of halogens is 1. The average Bonchev–Trinajstić information content (AvgIpc) is 3.01. The van der Waals surface area contributed by atoms with E-state index in [-0.39, 0.29) is 24.3 Å². The number of nitrogens with zero attached hydrogens (tertiary/aromatic N) is 1. The van der Waals surface area contributed by atoms with E-state index in [2.05, 4.69) is 5.32 Å². The molecule has 0 spiro atoms. The number of carbonyl (C=O) groups excluding carboxylic acids is 2. The minimum atomic E-state index is -0.571. The number of thiophene rings is 1. The molecule has 0 saturated heterocycles. The number of hydrogen-bond donors (Lipinski definition) is 2. The lowest BCUT2D eigenvalue weighted by molar-refractivity contribution is -0.117. The molecule has 0 aliphatic rings. The molecule has 7 heteroatoms. The van der Waals surface area contributed by atoms with Crippen molar-refractivity contribution in [2.24, 2.45) is 5.73 Å². The summed E-state index contributed by atoms with van der Waals surface area (Å²) in [5.41, 5.74) is 6.51. The second kappa shape index (κ2) is 8.03. The lowest BCUT2D eigenvalue weighted by atomic mass is 10.1. The molecule has 128 valence electrons. The number of rotatable bonds is 7. The molecular formula is C17H20FN3O2S. The fourth-order valence-electron chi connectivity index (χ4n) is 2.43. The van der Waals surface area contributed by atoms with Crippen LogP contribution in [0.15, 0.2) is 35.7 Å². The minimum Gasteiger partial charge on any atom is -0.366 e. The van der Waals surface area contributed by atoms with Gasteiger partial charge >= 0.3 is 0 Å². The van der Waals surface area contributed by atoms with Gasteiger partial charge in [-0.2, -0.15) is 0 Å². The molecule has 0 saturated carbocycles. The van der Waals surface area contributed by atoms with Gasteiger partial charge in [0.1, 0.15) is 10.8 Å². The summed E-state index contributed by atoms with van der Waals surface area (Å²) >= 11 is 1.25. The van der Waals surface area contributed by atoms with Gasteiger partial charge in [0.2, 0.25) is 5.91 Å². The Balaban J connectivity index is 2.03. The highest BCUT2D eigenvalue weighted by molar-refractivity contribution is 7.14. The molecule has 24 heavy (non-hydrogen) atoms. The van der Waals surface area contributed by atoms with E-state index in [1.54, 1.807) is 23.6 Å². The Labute approximate surface area is 144 Å². The highest BCUT2D eigenvalue weighted by Gasteiger charge is 2.19. The summed E-state index contributed by atoms with van der Waals surface area (Å²) < 4.78 is 13.0. The first-order chi connectivity index (χ1) is 11.4. The molecule has 1 atom stereocenters. The number of carbonyl (C=O) groups is 2. The second-order valence-electron chi connectivity index (χ2n) is 5.37. The Morgan fingerprint density at radius 2 is 1.96 bits per heavy atom. The first-order valence-electron chi connectivity index (χ1n) is 7.59. The van der Waals surface area contributed by atoms with Gasteiger partial charge in [-0.1, -0.05) is 19.1 Å². The Hall–Kier alpha value is -2.25. The largest absolute Gasteiger partial charge is 0.366 e. The Kier molecular flexibility index (Phi) is 6.05. The highest BCUT2D eigenvalue weighted by atomic mass is 32.1. The number of hydrogen-bond acceptors (Lipinski definition) is 4. The summed E-state index contributed by atoms with van der Waals surface area (Å²) in [6.45, 7) is 4.72. The van der Waals surface area contributed by atoms with Crippen molar-refractivity contribution in [2.75, 3.05) is 18.4 Å². The van der Waals surface area contributed by atoms with E-state index in [4.69, 9.17) is 5.73 Å². The lowest BCUT2D eigenvalue weighted by Gasteiger charge is -2.27. The monoisotopic (exact) mass is 349 g/mol. The lowest BCUT2D eigenvalue weighted by Crippen LogP contribution is -2.35. The van der Waals surface area contributed by atoms with Crippen LogP contribution in [0, 0.1) is 5.82 Å². The van der Waals surface area contributed by atoms with Crippen LogP contribution in [0.4, 0.5) is 9.39 Å². The Bertz CT molecular complexity index is 715. The van der Waals surface area contributed by atoms with E-state index in [1.807, 2.05) is 18.7 Å². The number of nitrogens with one attached hydrogen (secondary N) is 1. The summed E-state index contributed by atoms with van der Waals surface area (Å²) in [5.74, 6) is -1.09. The van der Waals surface area contributed by atoms with Crippen molar-refractivity contribution in [3.05, 3.63) is 52.7 Å². The van der Waals surface area contributed by atoms with Crippen molar-refractivity contribution >= 4 is 28.2 Å². The van der Waals surface area contributed by atoms with Crippen LogP contribution >= 0.6 is 11.3 Å². The van der Waals surface area contributed by atoms with Gasteiger partial charge in [0.25, 0.3) is 5.91 Å². The first-order valence-corrected chi connectivity index (χ1v) is 8.47. The maximum absolute atomic E-state index is 13.0. The summed E-state index contributed by atoms with van der Waals surface area (Å²) in [6.07, 6.45) is 0. The molecule has 5 nitrogen and oxygen atoms in total. The zero-order valence-corrected chi connectivity index (χ0v) is 14.4. The molecule has 1 heterocycles. The van der Waals surface area contributed by atoms with E-state index in [9.17, 15) is 14.0 Å². The van der Waals surface area contributed by atoms with Gasteiger partial charge in [-0.05, 0) is 42.6 Å². The zero-order valence-electron chi connectivity index (χ0n) is 13.6. The van der Waals surface area contributed by atoms with E-state index in [0.717, 1.165) is 5.56 Å². The van der Waals surface area contributed by atoms with Crippen LogP contribution in [-0.2, 0) is 4.79 Å². The van der Waals surface area contributed by atoms with Crippen LogP contribution in [0.3, 0.4) is 0 Å². The SMILES string of the molecule is CCN(CC(=O)Nc1sccc1C(N)=O)C(C)c1ccc(F)cc1. The molecule has 0 fully saturated rings. The number of benzene rings is 1. The van der Waals surface area contributed by atoms with Crippen molar-refractivity contribution < 1.29 is 14.0 Å². The predicted molar refractivity (Wildman–Crippen MR) is 93.5 cm³/mol. The van der Waals surface area contributed by atoms with Gasteiger partial charge in [0.05, 0.1) is 12.1 Å². The average molecular weight is 349 g/mol. The molecule has 0 aliphatic carbocycles. The molecule has 2 rings (SSSR count). The summed E-state index contributed by atoms with van der Waals surface area (Å²) in [5, 5.41) is 4.89. The Morgan fingerprint density at radius 3 is 2.54 bits per heavy atom. The van der Waals surface area contributed by atoms with Gasteiger partial charge in [-0.15, -0.1) is 11.3 Å². The van der Waals surface area contributed by atoms with Gasteiger partial charge < -0.3 is 11.1 Å². The third-order valence-electron chi connectivity index (χ3n) is 3.84. The molecule has 0 aliphatic heterocycles. The van der Waals surface area contributed by atoms with Crippen LogP contribution in [0.5, 0.6) is 0 Å². The van der Waals surface area contributed by atoms with Crippen molar-refractivity contribution in [1.29, 1.82) is 0 Å². The van der Waals surface area contributed by atoms with Gasteiger partial charge in [-0.25, -0.2) is 4.39 Å². The van der Waals surface area contributed by atoms with Crippen LogP contribution in [-0.4, -0.2) is 29.8 Å². The smallest absolute Gasteiger partial charge is 0.251 e. The fourth-order valence-corrected chi connectivity index (χ4v) is 3.23. The minimum absolute atomic E-state index is 0.0414. The number of amides is 2. The van der Waals surface area contributed by atoms with Crippen LogP contribution in [0.25, 0.3) is 0 Å². The number of primary amides is 1. The summed E-state index contributed by atoms with van der Waals surface area (Å²) in [4.78, 5) is 25.5. The highest BCUT2D eigenvalue weighted by Crippen LogP contribution is 2.24. The summed E-state index contributed by atoms with van der Waals surface area (Å²) in [7, 11) is 0. The third-order valence-corrected chi connectivity index (χ3v) is 4.67. The molecule has 1 aromatic carbocycles.